The summed E-state index contributed by atoms with van der Waals surface area (Å²) in [6.07, 6.45) is 1.85. The summed E-state index contributed by atoms with van der Waals surface area (Å²) in [4.78, 5) is 12.4. The summed E-state index contributed by atoms with van der Waals surface area (Å²) in [6, 6.07) is 13.0. The Balaban J connectivity index is 1.53. The van der Waals surface area contributed by atoms with Crippen LogP contribution in [-0.2, 0) is 4.79 Å². The highest BCUT2D eigenvalue weighted by Gasteiger charge is 2.18. The van der Waals surface area contributed by atoms with E-state index in [1.807, 2.05) is 30.3 Å². The summed E-state index contributed by atoms with van der Waals surface area (Å²) >= 11 is 0. The highest BCUT2D eigenvalue weighted by molar-refractivity contribution is 6.07. The molecule has 0 aromatic heterocycles. The third kappa shape index (κ3) is 2.73. The van der Waals surface area contributed by atoms with Gasteiger partial charge in [-0.1, -0.05) is 18.2 Å². The second-order valence-corrected chi connectivity index (χ2v) is 5.31. The van der Waals surface area contributed by atoms with Crippen LogP contribution in [0.15, 0.2) is 48.0 Å². The van der Waals surface area contributed by atoms with E-state index in [4.69, 9.17) is 14.2 Å². The van der Waals surface area contributed by atoms with Crippen LogP contribution in [0.4, 0.5) is 5.69 Å². The molecule has 0 unspecified atom stereocenters. The third-order valence-electron chi connectivity index (χ3n) is 3.72. The fourth-order valence-electron chi connectivity index (χ4n) is 2.58. The first-order chi connectivity index (χ1) is 11.3. The Kier molecular flexibility index (Phi) is 3.38. The van der Waals surface area contributed by atoms with Gasteiger partial charge < -0.3 is 19.5 Å². The van der Waals surface area contributed by atoms with Gasteiger partial charge in [-0.25, -0.2) is 0 Å². The van der Waals surface area contributed by atoms with Crippen LogP contribution in [0, 0.1) is 0 Å². The van der Waals surface area contributed by atoms with Gasteiger partial charge in [0.2, 0.25) is 0 Å². The summed E-state index contributed by atoms with van der Waals surface area (Å²) in [5, 5.41) is 2.87. The maximum atomic E-state index is 12.4. The Morgan fingerprint density at radius 3 is 2.65 bits per heavy atom. The third-order valence-corrected chi connectivity index (χ3v) is 3.72. The molecule has 2 aliphatic rings. The number of rotatable bonds is 2. The van der Waals surface area contributed by atoms with E-state index in [2.05, 4.69) is 5.32 Å². The molecule has 23 heavy (non-hydrogen) atoms. The maximum absolute atomic E-state index is 12.4. The molecule has 5 nitrogen and oxygen atoms in total. The van der Waals surface area contributed by atoms with Crippen LogP contribution in [0.3, 0.4) is 0 Å². The lowest BCUT2D eigenvalue weighted by Gasteiger charge is -2.20. The zero-order chi connectivity index (χ0) is 15.6. The van der Waals surface area contributed by atoms with Crippen LogP contribution in [0.25, 0.3) is 6.08 Å². The molecule has 0 atom stereocenters. The highest BCUT2D eigenvalue weighted by atomic mass is 16.6. The van der Waals surface area contributed by atoms with Gasteiger partial charge in [-0.3, -0.25) is 4.79 Å². The molecule has 0 aliphatic carbocycles. The maximum Gasteiger partial charge on any atom is 0.255 e. The number of carbonyl (C=O) groups is 1. The lowest BCUT2D eigenvalue weighted by atomic mass is 10.1. The van der Waals surface area contributed by atoms with E-state index in [-0.39, 0.29) is 12.5 Å². The number of anilines is 1. The molecule has 5 heteroatoms. The molecule has 0 bridgehead atoms. The predicted molar refractivity (Wildman–Crippen MR) is 86.0 cm³/mol. The van der Waals surface area contributed by atoms with Crippen molar-refractivity contribution in [3.63, 3.8) is 0 Å². The number of benzene rings is 2. The number of ether oxygens (including phenoxy) is 3. The first-order valence-electron chi connectivity index (χ1n) is 7.43. The van der Waals surface area contributed by atoms with E-state index in [0.29, 0.717) is 36.0 Å². The van der Waals surface area contributed by atoms with Crippen LogP contribution in [0.2, 0.25) is 0 Å². The van der Waals surface area contributed by atoms with Gasteiger partial charge in [-0.05, 0) is 24.3 Å². The van der Waals surface area contributed by atoms with Gasteiger partial charge in [0, 0.05) is 17.3 Å². The molecular weight excluding hydrogens is 294 g/mol. The van der Waals surface area contributed by atoms with Crippen molar-refractivity contribution in [1.82, 2.24) is 0 Å². The number of fused-ring (bicyclic) bond motifs is 2. The summed E-state index contributed by atoms with van der Waals surface area (Å²) in [6.45, 7) is 1.32. The van der Waals surface area contributed by atoms with Crippen molar-refractivity contribution >= 4 is 17.7 Å². The van der Waals surface area contributed by atoms with Crippen molar-refractivity contribution in [2.24, 2.45) is 0 Å². The van der Waals surface area contributed by atoms with Crippen LogP contribution in [0.5, 0.6) is 17.2 Å². The second-order valence-electron chi connectivity index (χ2n) is 5.31. The normalized spacial score (nSPS) is 15.0. The Hall–Kier alpha value is -2.95. The molecule has 1 amide bonds. The van der Waals surface area contributed by atoms with Gasteiger partial charge in [0.05, 0.1) is 5.57 Å². The minimum atomic E-state index is -0.184. The van der Waals surface area contributed by atoms with Gasteiger partial charge in [0.25, 0.3) is 5.91 Å². The lowest BCUT2D eigenvalue weighted by Crippen LogP contribution is -2.21. The minimum Gasteiger partial charge on any atom is -0.488 e. The van der Waals surface area contributed by atoms with Crippen molar-refractivity contribution in [2.75, 3.05) is 25.1 Å². The van der Waals surface area contributed by atoms with E-state index < -0.39 is 0 Å². The van der Waals surface area contributed by atoms with E-state index in [1.165, 1.54) is 0 Å². The summed E-state index contributed by atoms with van der Waals surface area (Å²) < 4.78 is 16.6. The predicted octanol–water partition coefficient (Wildman–Crippen LogP) is 2.87. The molecule has 0 radical (unpaired) electrons. The number of nitrogens with one attached hydrogen (secondary N) is 1. The molecule has 2 aliphatic heterocycles. The average Bonchev–Trinajstić information content (AvgIpc) is 2.61. The van der Waals surface area contributed by atoms with Crippen LogP contribution >= 0.6 is 0 Å². The lowest BCUT2D eigenvalue weighted by molar-refractivity contribution is -0.113. The monoisotopic (exact) mass is 309 g/mol. The molecule has 2 aromatic rings. The fourth-order valence-corrected chi connectivity index (χ4v) is 2.58. The van der Waals surface area contributed by atoms with Crippen molar-refractivity contribution < 1.29 is 19.0 Å². The van der Waals surface area contributed by atoms with Crippen LogP contribution in [-0.4, -0.2) is 25.7 Å². The van der Waals surface area contributed by atoms with Crippen molar-refractivity contribution in [1.29, 1.82) is 0 Å². The van der Waals surface area contributed by atoms with Crippen molar-refractivity contribution in [2.45, 2.75) is 0 Å². The molecule has 0 saturated carbocycles. The Labute approximate surface area is 133 Å². The highest BCUT2D eigenvalue weighted by Crippen LogP contribution is 2.33. The number of hydrogen-bond donors (Lipinski definition) is 1. The zero-order valence-electron chi connectivity index (χ0n) is 12.4. The van der Waals surface area contributed by atoms with Crippen molar-refractivity contribution in [3.05, 3.63) is 53.6 Å². The van der Waals surface area contributed by atoms with Gasteiger partial charge in [-0.15, -0.1) is 0 Å². The average molecular weight is 309 g/mol. The van der Waals surface area contributed by atoms with Gasteiger partial charge >= 0.3 is 0 Å². The largest absolute Gasteiger partial charge is 0.488 e. The van der Waals surface area contributed by atoms with E-state index >= 15 is 0 Å². The molecule has 1 N–H and O–H groups in total. The van der Waals surface area contributed by atoms with E-state index in [0.717, 1.165) is 11.3 Å². The van der Waals surface area contributed by atoms with E-state index in [1.54, 1.807) is 18.2 Å². The number of carbonyl (C=O) groups excluding carboxylic acids is 1. The standard InChI is InChI=1S/C18H15NO4/c20-18(13-9-12-3-1-2-4-15(12)23-11-13)19-14-5-6-16-17(10-14)22-8-7-21-16/h1-6,9-10H,7-8,11H2,(H,19,20). The smallest absolute Gasteiger partial charge is 0.255 e. The molecule has 2 aromatic carbocycles. The topological polar surface area (TPSA) is 56.8 Å². The molecule has 2 heterocycles. The fraction of sp³-hybridized carbons (Fsp3) is 0.167. The number of para-hydroxylation sites is 1. The Morgan fingerprint density at radius 2 is 1.74 bits per heavy atom. The first-order valence-corrected chi connectivity index (χ1v) is 7.43. The SMILES string of the molecule is O=C(Nc1ccc2c(c1)OCCO2)C1=Cc2ccccc2OC1. The minimum absolute atomic E-state index is 0.184. The number of hydrogen-bond acceptors (Lipinski definition) is 4. The summed E-state index contributed by atoms with van der Waals surface area (Å²) in [7, 11) is 0. The molecule has 4 rings (SSSR count). The number of amides is 1. The van der Waals surface area contributed by atoms with Crippen LogP contribution in [0.1, 0.15) is 5.56 Å². The van der Waals surface area contributed by atoms with Gasteiger partial charge in [0.1, 0.15) is 25.6 Å². The molecule has 0 saturated heterocycles. The molecule has 0 fully saturated rings. The molecule has 116 valence electrons. The molecule has 0 spiro atoms. The van der Waals surface area contributed by atoms with Gasteiger partial charge in [0.15, 0.2) is 11.5 Å². The van der Waals surface area contributed by atoms with Crippen molar-refractivity contribution in [3.8, 4) is 17.2 Å². The van der Waals surface area contributed by atoms with Crippen LogP contribution < -0.4 is 19.5 Å². The van der Waals surface area contributed by atoms with E-state index in [9.17, 15) is 4.79 Å². The summed E-state index contributed by atoms with van der Waals surface area (Å²) in [5.74, 6) is 1.95. The van der Waals surface area contributed by atoms with Gasteiger partial charge in [-0.2, -0.15) is 0 Å². The Bertz CT molecular complexity index is 797. The first kappa shape index (κ1) is 13.7. The zero-order valence-corrected chi connectivity index (χ0v) is 12.4. The Morgan fingerprint density at radius 1 is 0.913 bits per heavy atom. The molecular formula is C18H15NO4. The quantitative estimate of drug-likeness (QED) is 0.927. The second kappa shape index (κ2) is 5.68. The summed E-state index contributed by atoms with van der Waals surface area (Å²) in [5.41, 5.74) is 2.16.